The second-order valence-corrected chi connectivity index (χ2v) is 5.89. The molecule has 0 saturated carbocycles. The van der Waals surface area contributed by atoms with E-state index in [-0.39, 0.29) is 18.2 Å². The van der Waals surface area contributed by atoms with E-state index in [4.69, 9.17) is 5.73 Å². The molecule has 1 heterocycles. The molecular weight excluding hydrogens is 298 g/mol. The van der Waals surface area contributed by atoms with E-state index in [2.05, 4.69) is 17.2 Å². The number of nitrogens with two attached hydrogens (primary N) is 1. The normalized spacial score (nSPS) is 11.9. The number of carbonyl (C=O) groups excluding carboxylic acids is 2. The molecule has 0 radical (unpaired) electrons. The zero-order chi connectivity index (χ0) is 15.9. The minimum absolute atomic E-state index is 0.0759. The van der Waals surface area contributed by atoms with Crippen LogP contribution in [0.4, 0.5) is 5.13 Å². The van der Waals surface area contributed by atoms with E-state index < -0.39 is 5.91 Å². The highest BCUT2D eigenvalue weighted by Crippen LogP contribution is 2.24. The third kappa shape index (κ3) is 4.39. The maximum Gasteiger partial charge on any atom is 0.233 e. The Balaban J connectivity index is 2.08. The van der Waals surface area contributed by atoms with Gasteiger partial charge in [0.05, 0.1) is 18.0 Å². The molecule has 5 nitrogen and oxygen atoms in total. The molecule has 0 unspecified atom stereocenters. The van der Waals surface area contributed by atoms with Crippen molar-refractivity contribution in [2.24, 2.45) is 5.73 Å². The van der Waals surface area contributed by atoms with Crippen LogP contribution < -0.4 is 11.1 Å². The lowest BCUT2D eigenvalue weighted by atomic mass is 9.94. The summed E-state index contributed by atoms with van der Waals surface area (Å²) in [5.41, 5.74) is 6.72. The fourth-order valence-corrected chi connectivity index (χ4v) is 2.95. The molecule has 0 bridgehead atoms. The number of amides is 2. The Morgan fingerprint density at radius 1 is 1.32 bits per heavy atom. The summed E-state index contributed by atoms with van der Waals surface area (Å²) >= 11 is 1.30. The van der Waals surface area contributed by atoms with Gasteiger partial charge in [-0.2, -0.15) is 0 Å². The quantitative estimate of drug-likeness (QED) is 0.823. The van der Waals surface area contributed by atoms with E-state index in [0.717, 1.165) is 18.4 Å². The van der Waals surface area contributed by atoms with E-state index >= 15 is 0 Å². The Labute approximate surface area is 133 Å². The summed E-state index contributed by atoms with van der Waals surface area (Å²) in [5.74, 6) is -0.709. The number of primary amides is 1. The number of anilines is 1. The molecule has 0 spiro atoms. The molecule has 0 aliphatic rings. The average molecular weight is 317 g/mol. The van der Waals surface area contributed by atoms with Gasteiger partial charge in [-0.05, 0) is 12.0 Å². The SMILES string of the molecule is CCC[C@@H](C(=O)Nc1nc(CC(N)=O)cs1)c1ccccc1. The Kier molecular flexibility index (Phi) is 5.66. The zero-order valence-corrected chi connectivity index (χ0v) is 13.2. The fraction of sp³-hybridized carbons (Fsp3) is 0.312. The van der Waals surface area contributed by atoms with Crippen molar-refractivity contribution in [3.63, 3.8) is 0 Å². The number of nitrogens with zero attached hydrogens (tertiary/aromatic N) is 1. The van der Waals surface area contributed by atoms with Crippen molar-refractivity contribution in [2.75, 3.05) is 5.32 Å². The van der Waals surface area contributed by atoms with Crippen LogP contribution in [0.15, 0.2) is 35.7 Å². The molecule has 6 heteroatoms. The zero-order valence-electron chi connectivity index (χ0n) is 12.4. The Hall–Kier alpha value is -2.21. The van der Waals surface area contributed by atoms with Gasteiger partial charge in [0.1, 0.15) is 0 Å². The summed E-state index contributed by atoms with van der Waals surface area (Å²) in [6.45, 7) is 2.05. The first-order valence-electron chi connectivity index (χ1n) is 7.18. The first-order chi connectivity index (χ1) is 10.6. The van der Waals surface area contributed by atoms with Gasteiger partial charge in [0.25, 0.3) is 0 Å². The number of hydrogen-bond donors (Lipinski definition) is 2. The second-order valence-electron chi connectivity index (χ2n) is 5.03. The van der Waals surface area contributed by atoms with Crippen molar-refractivity contribution < 1.29 is 9.59 Å². The van der Waals surface area contributed by atoms with Crippen molar-refractivity contribution in [2.45, 2.75) is 32.1 Å². The smallest absolute Gasteiger partial charge is 0.233 e. The van der Waals surface area contributed by atoms with Gasteiger partial charge in [0.15, 0.2) is 5.13 Å². The van der Waals surface area contributed by atoms with Crippen molar-refractivity contribution >= 4 is 28.3 Å². The number of nitrogens with one attached hydrogen (secondary N) is 1. The number of benzene rings is 1. The number of carbonyl (C=O) groups is 2. The maximum absolute atomic E-state index is 12.5. The van der Waals surface area contributed by atoms with Crippen LogP contribution in [-0.4, -0.2) is 16.8 Å². The Morgan fingerprint density at radius 2 is 2.05 bits per heavy atom. The molecule has 22 heavy (non-hydrogen) atoms. The van der Waals surface area contributed by atoms with Crippen LogP contribution in [-0.2, 0) is 16.0 Å². The van der Waals surface area contributed by atoms with Crippen LogP contribution in [0.3, 0.4) is 0 Å². The highest BCUT2D eigenvalue weighted by Gasteiger charge is 2.20. The Bertz CT molecular complexity index is 640. The predicted octanol–water partition coefficient (Wildman–Crippen LogP) is 2.69. The van der Waals surface area contributed by atoms with Gasteiger partial charge in [-0.1, -0.05) is 43.7 Å². The summed E-state index contributed by atoms with van der Waals surface area (Å²) in [6, 6.07) is 9.71. The molecule has 1 aromatic carbocycles. The first kappa shape index (κ1) is 16.2. The molecular formula is C16H19N3O2S. The molecule has 0 aliphatic heterocycles. The van der Waals surface area contributed by atoms with Crippen LogP contribution in [0, 0.1) is 0 Å². The van der Waals surface area contributed by atoms with E-state index in [1.807, 2.05) is 30.3 Å². The number of thiazole rings is 1. The highest BCUT2D eigenvalue weighted by molar-refractivity contribution is 7.13. The van der Waals surface area contributed by atoms with Crippen LogP contribution in [0.5, 0.6) is 0 Å². The number of aromatic nitrogens is 1. The van der Waals surface area contributed by atoms with Gasteiger partial charge >= 0.3 is 0 Å². The van der Waals surface area contributed by atoms with E-state index in [1.165, 1.54) is 11.3 Å². The third-order valence-corrected chi connectivity index (χ3v) is 4.04. The van der Waals surface area contributed by atoms with Crippen molar-refractivity contribution in [1.29, 1.82) is 0 Å². The highest BCUT2D eigenvalue weighted by atomic mass is 32.1. The van der Waals surface area contributed by atoms with Gasteiger partial charge < -0.3 is 11.1 Å². The van der Waals surface area contributed by atoms with E-state index in [0.29, 0.717) is 10.8 Å². The molecule has 2 rings (SSSR count). The van der Waals surface area contributed by atoms with Crippen molar-refractivity contribution in [3.8, 4) is 0 Å². The lowest BCUT2D eigenvalue weighted by Crippen LogP contribution is -2.21. The minimum Gasteiger partial charge on any atom is -0.369 e. The topological polar surface area (TPSA) is 85.1 Å². The molecule has 2 amide bonds. The number of hydrogen-bond acceptors (Lipinski definition) is 4. The molecule has 116 valence electrons. The van der Waals surface area contributed by atoms with Crippen molar-refractivity contribution in [3.05, 3.63) is 47.0 Å². The first-order valence-corrected chi connectivity index (χ1v) is 8.06. The standard InChI is InChI=1S/C16H19N3O2S/c1-2-6-13(11-7-4-3-5-8-11)15(21)19-16-18-12(10-22-16)9-14(17)20/h3-5,7-8,10,13H,2,6,9H2,1H3,(H2,17,20)(H,18,19,21)/t13-/m1/s1. The van der Waals surface area contributed by atoms with Gasteiger partial charge in [-0.3, -0.25) is 9.59 Å². The summed E-state index contributed by atoms with van der Waals surface area (Å²) < 4.78 is 0. The van der Waals surface area contributed by atoms with Crippen LogP contribution in [0.2, 0.25) is 0 Å². The van der Waals surface area contributed by atoms with Gasteiger partial charge in [-0.25, -0.2) is 4.98 Å². The molecule has 3 N–H and O–H groups in total. The average Bonchev–Trinajstić information content (AvgIpc) is 2.91. The summed E-state index contributed by atoms with van der Waals surface area (Å²) in [5, 5.41) is 5.07. The molecule has 1 atom stereocenters. The molecule has 0 fully saturated rings. The summed E-state index contributed by atoms with van der Waals surface area (Å²) in [4.78, 5) is 27.6. The lowest BCUT2D eigenvalue weighted by molar-refractivity contribution is -0.118. The van der Waals surface area contributed by atoms with Crippen molar-refractivity contribution in [1.82, 2.24) is 4.98 Å². The molecule has 1 aromatic heterocycles. The minimum atomic E-state index is -0.434. The Morgan fingerprint density at radius 3 is 2.68 bits per heavy atom. The van der Waals surface area contributed by atoms with Crippen LogP contribution >= 0.6 is 11.3 Å². The third-order valence-electron chi connectivity index (χ3n) is 3.23. The van der Waals surface area contributed by atoms with Crippen LogP contribution in [0.1, 0.15) is 36.9 Å². The maximum atomic E-state index is 12.5. The molecule has 0 aliphatic carbocycles. The molecule has 2 aromatic rings. The van der Waals surface area contributed by atoms with E-state index in [9.17, 15) is 9.59 Å². The van der Waals surface area contributed by atoms with Gasteiger partial charge in [0, 0.05) is 5.38 Å². The lowest BCUT2D eigenvalue weighted by Gasteiger charge is -2.15. The largest absolute Gasteiger partial charge is 0.369 e. The summed E-state index contributed by atoms with van der Waals surface area (Å²) in [6.07, 6.45) is 1.77. The monoisotopic (exact) mass is 317 g/mol. The number of rotatable bonds is 7. The van der Waals surface area contributed by atoms with Gasteiger partial charge in [-0.15, -0.1) is 11.3 Å². The van der Waals surface area contributed by atoms with Crippen LogP contribution in [0.25, 0.3) is 0 Å². The second kappa shape index (κ2) is 7.70. The fourth-order valence-electron chi connectivity index (χ4n) is 2.24. The summed E-state index contributed by atoms with van der Waals surface area (Å²) in [7, 11) is 0. The predicted molar refractivity (Wildman–Crippen MR) is 87.7 cm³/mol. The van der Waals surface area contributed by atoms with Gasteiger partial charge in [0.2, 0.25) is 11.8 Å². The molecule has 0 saturated heterocycles. The van der Waals surface area contributed by atoms with E-state index in [1.54, 1.807) is 5.38 Å².